The summed E-state index contributed by atoms with van der Waals surface area (Å²) < 4.78 is 23.3. The molecule has 0 saturated carbocycles. The lowest BCUT2D eigenvalue weighted by molar-refractivity contribution is -0.143. The second-order valence-electron chi connectivity index (χ2n) is 5.68. The number of piperidine rings is 1. The van der Waals surface area contributed by atoms with Crippen LogP contribution in [0.25, 0.3) is 0 Å². The lowest BCUT2D eigenvalue weighted by Gasteiger charge is -2.31. The van der Waals surface area contributed by atoms with Crippen molar-refractivity contribution < 1.29 is 23.1 Å². The number of hydrogen-bond donors (Lipinski definition) is 1. The molecule has 1 amide bonds. The largest absolute Gasteiger partial charge is 0.481 e. The number of carbonyl (C=O) groups is 2. The van der Waals surface area contributed by atoms with E-state index in [-0.39, 0.29) is 17.3 Å². The Balaban J connectivity index is 2.31. The van der Waals surface area contributed by atoms with Crippen molar-refractivity contribution >= 4 is 21.7 Å². The van der Waals surface area contributed by atoms with Crippen molar-refractivity contribution in [2.75, 3.05) is 19.3 Å². The van der Waals surface area contributed by atoms with Gasteiger partial charge in [0.1, 0.15) is 0 Å². The summed E-state index contributed by atoms with van der Waals surface area (Å²) in [6.07, 6.45) is 2.28. The van der Waals surface area contributed by atoms with Gasteiger partial charge in [-0.05, 0) is 37.5 Å². The summed E-state index contributed by atoms with van der Waals surface area (Å²) in [4.78, 5) is 25.3. The highest BCUT2D eigenvalue weighted by Crippen LogP contribution is 2.22. The van der Waals surface area contributed by atoms with Gasteiger partial charge in [0.15, 0.2) is 9.84 Å². The van der Waals surface area contributed by atoms with Crippen molar-refractivity contribution in [1.82, 2.24) is 4.90 Å². The van der Waals surface area contributed by atoms with Gasteiger partial charge in [-0.2, -0.15) is 0 Å². The molecule has 1 aromatic rings. The van der Waals surface area contributed by atoms with E-state index in [1.54, 1.807) is 13.0 Å². The fourth-order valence-electron chi connectivity index (χ4n) is 2.60. The standard InChI is InChI=1S/C15H19NO5S/c1-10-5-6-12(22(2,20)21)8-13(10)14(17)16-7-3-4-11(9-16)15(18)19/h5-6,8,11H,3-4,7,9H2,1-2H3,(H,18,19). The summed E-state index contributed by atoms with van der Waals surface area (Å²) >= 11 is 0. The minimum Gasteiger partial charge on any atom is -0.481 e. The molecule has 1 saturated heterocycles. The molecule has 1 aliphatic rings. The second kappa shape index (κ2) is 6.08. The number of likely N-dealkylation sites (tertiary alicyclic amines) is 1. The number of carbonyl (C=O) groups excluding carboxylic acids is 1. The maximum atomic E-state index is 12.6. The van der Waals surface area contributed by atoms with E-state index in [1.807, 2.05) is 0 Å². The van der Waals surface area contributed by atoms with Crippen LogP contribution in [-0.4, -0.2) is 49.6 Å². The molecular formula is C15H19NO5S. The normalized spacial score (nSPS) is 19.0. The average Bonchev–Trinajstić information content (AvgIpc) is 2.46. The zero-order valence-corrected chi connectivity index (χ0v) is 13.4. The van der Waals surface area contributed by atoms with E-state index >= 15 is 0 Å². The summed E-state index contributed by atoms with van der Waals surface area (Å²) in [6, 6.07) is 4.44. The topological polar surface area (TPSA) is 91.8 Å². The number of carboxylic acids is 1. The predicted molar refractivity (Wildman–Crippen MR) is 80.6 cm³/mol. The first-order valence-corrected chi connectivity index (χ1v) is 8.92. The van der Waals surface area contributed by atoms with Crippen LogP contribution in [0.4, 0.5) is 0 Å². The van der Waals surface area contributed by atoms with Crippen LogP contribution in [0, 0.1) is 12.8 Å². The van der Waals surface area contributed by atoms with Gasteiger partial charge in [-0.3, -0.25) is 9.59 Å². The Morgan fingerprint density at radius 1 is 1.32 bits per heavy atom. The van der Waals surface area contributed by atoms with Gasteiger partial charge in [0.2, 0.25) is 0 Å². The Kier molecular flexibility index (Phi) is 4.55. The van der Waals surface area contributed by atoms with Gasteiger partial charge in [-0.1, -0.05) is 6.07 Å². The summed E-state index contributed by atoms with van der Waals surface area (Å²) in [5, 5.41) is 9.10. The predicted octanol–water partition coefficient (Wildman–Crippen LogP) is 1.34. The van der Waals surface area contributed by atoms with Crippen molar-refractivity contribution in [2.24, 2.45) is 5.92 Å². The Hall–Kier alpha value is -1.89. The molecule has 1 heterocycles. The van der Waals surface area contributed by atoms with Crippen molar-refractivity contribution in [3.8, 4) is 0 Å². The highest BCUT2D eigenvalue weighted by atomic mass is 32.2. The van der Waals surface area contributed by atoms with E-state index in [1.165, 1.54) is 17.0 Å². The molecule has 0 aromatic heterocycles. The van der Waals surface area contributed by atoms with Crippen LogP contribution in [0.1, 0.15) is 28.8 Å². The van der Waals surface area contributed by atoms with E-state index in [9.17, 15) is 18.0 Å². The van der Waals surface area contributed by atoms with Gasteiger partial charge in [-0.15, -0.1) is 0 Å². The molecule has 0 bridgehead atoms. The quantitative estimate of drug-likeness (QED) is 0.905. The molecule has 2 rings (SSSR count). The molecule has 1 N–H and O–H groups in total. The molecule has 1 fully saturated rings. The smallest absolute Gasteiger partial charge is 0.308 e. The number of carboxylic acid groups (broad SMARTS) is 1. The van der Waals surface area contributed by atoms with Gasteiger partial charge in [0.05, 0.1) is 10.8 Å². The molecule has 7 heteroatoms. The molecule has 1 atom stereocenters. The Bertz CT molecular complexity index is 711. The van der Waals surface area contributed by atoms with E-state index in [0.29, 0.717) is 30.5 Å². The van der Waals surface area contributed by atoms with Crippen LogP contribution in [-0.2, 0) is 14.6 Å². The second-order valence-corrected chi connectivity index (χ2v) is 7.69. The number of benzene rings is 1. The van der Waals surface area contributed by atoms with E-state index < -0.39 is 21.7 Å². The average molecular weight is 325 g/mol. The first-order valence-electron chi connectivity index (χ1n) is 7.03. The fraction of sp³-hybridized carbons (Fsp3) is 0.467. The van der Waals surface area contributed by atoms with Crippen LogP contribution in [0.5, 0.6) is 0 Å². The molecular weight excluding hydrogens is 306 g/mol. The van der Waals surface area contributed by atoms with Gasteiger partial charge in [-0.25, -0.2) is 8.42 Å². The van der Waals surface area contributed by atoms with Crippen molar-refractivity contribution in [2.45, 2.75) is 24.7 Å². The van der Waals surface area contributed by atoms with Crippen LogP contribution < -0.4 is 0 Å². The zero-order chi connectivity index (χ0) is 16.5. The molecule has 1 aliphatic heterocycles. The third kappa shape index (κ3) is 3.47. The molecule has 0 radical (unpaired) electrons. The monoisotopic (exact) mass is 325 g/mol. The summed E-state index contributed by atoms with van der Waals surface area (Å²) in [6.45, 7) is 2.39. The van der Waals surface area contributed by atoms with Crippen LogP contribution in [0.2, 0.25) is 0 Å². The molecule has 0 aliphatic carbocycles. The molecule has 6 nitrogen and oxygen atoms in total. The van der Waals surface area contributed by atoms with Gasteiger partial charge in [0, 0.05) is 24.9 Å². The van der Waals surface area contributed by atoms with Crippen LogP contribution in [0.15, 0.2) is 23.1 Å². The van der Waals surface area contributed by atoms with Crippen molar-refractivity contribution in [1.29, 1.82) is 0 Å². The van der Waals surface area contributed by atoms with Gasteiger partial charge < -0.3 is 10.0 Å². The summed E-state index contributed by atoms with van der Waals surface area (Å²) in [5.41, 5.74) is 0.990. The van der Waals surface area contributed by atoms with Crippen molar-refractivity contribution in [3.63, 3.8) is 0 Å². The highest BCUT2D eigenvalue weighted by molar-refractivity contribution is 7.90. The number of amides is 1. The Morgan fingerprint density at radius 2 is 2.00 bits per heavy atom. The first-order chi connectivity index (χ1) is 10.2. The number of rotatable bonds is 3. The third-order valence-electron chi connectivity index (χ3n) is 3.93. The fourth-order valence-corrected chi connectivity index (χ4v) is 3.24. The zero-order valence-electron chi connectivity index (χ0n) is 12.6. The van der Waals surface area contributed by atoms with Crippen LogP contribution >= 0.6 is 0 Å². The minimum absolute atomic E-state index is 0.0910. The first kappa shape index (κ1) is 16.5. The molecule has 22 heavy (non-hydrogen) atoms. The summed E-state index contributed by atoms with van der Waals surface area (Å²) in [5.74, 6) is -1.77. The number of sulfone groups is 1. The maximum absolute atomic E-state index is 12.6. The van der Waals surface area contributed by atoms with Gasteiger partial charge in [0.25, 0.3) is 5.91 Å². The maximum Gasteiger partial charge on any atom is 0.308 e. The van der Waals surface area contributed by atoms with Crippen LogP contribution in [0.3, 0.4) is 0 Å². The highest BCUT2D eigenvalue weighted by Gasteiger charge is 2.29. The number of aryl methyl sites for hydroxylation is 1. The minimum atomic E-state index is -3.40. The Morgan fingerprint density at radius 3 is 2.59 bits per heavy atom. The SMILES string of the molecule is Cc1ccc(S(C)(=O)=O)cc1C(=O)N1CCCC(C(=O)O)C1. The number of hydrogen-bond acceptors (Lipinski definition) is 4. The lowest BCUT2D eigenvalue weighted by atomic mass is 9.97. The Labute approximate surface area is 129 Å². The van der Waals surface area contributed by atoms with Crippen molar-refractivity contribution in [3.05, 3.63) is 29.3 Å². The molecule has 120 valence electrons. The lowest BCUT2D eigenvalue weighted by Crippen LogP contribution is -2.42. The molecule has 1 aromatic carbocycles. The van der Waals surface area contributed by atoms with E-state index in [4.69, 9.17) is 5.11 Å². The number of aliphatic carboxylic acids is 1. The van der Waals surface area contributed by atoms with E-state index in [2.05, 4.69) is 0 Å². The third-order valence-corrected chi connectivity index (χ3v) is 5.04. The van der Waals surface area contributed by atoms with Gasteiger partial charge >= 0.3 is 5.97 Å². The molecule has 1 unspecified atom stereocenters. The summed E-state index contributed by atoms with van der Waals surface area (Å²) in [7, 11) is -3.40. The number of nitrogens with zero attached hydrogens (tertiary/aromatic N) is 1. The van der Waals surface area contributed by atoms with E-state index in [0.717, 1.165) is 6.26 Å². The molecule has 0 spiro atoms.